The smallest absolute Gasteiger partial charge is 0.261 e. The Morgan fingerprint density at radius 3 is 2.67 bits per heavy atom. The average molecular weight is 411 g/mol. The lowest BCUT2D eigenvalue weighted by Crippen LogP contribution is -2.41. The highest BCUT2D eigenvalue weighted by Gasteiger charge is 2.57. The molecule has 1 saturated heterocycles. The van der Waals surface area contributed by atoms with Crippen molar-refractivity contribution in [2.75, 3.05) is 19.7 Å². The van der Waals surface area contributed by atoms with Crippen molar-refractivity contribution in [1.82, 2.24) is 10.2 Å². The summed E-state index contributed by atoms with van der Waals surface area (Å²) in [5.74, 6) is 0.206. The molecular weight excluding hydrogens is 387 g/mol. The molecule has 1 amide bonds. The molecule has 1 atom stereocenters. The summed E-state index contributed by atoms with van der Waals surface area (Å²) in [6.45, 7) is 2.68. The Labute approximate surface area is 169 Å². The zero-order chi connectivity index (χ0) is 18.0. The van der Waals surface area contributed by atoms with Gasteiger partial charge in [0.1, 0.15) is 11.6 Å². The second-order valence-electron chi connectivity index (χ2n) is 7.23. The number of carbonyl (C=O) groups is 1. The van der Waals surface area contributed by atoms with Crippen LogP contribution in [0.5, 0.6) is 5.75 Å². The molecule has 0 radical (unpaired) electrons. The number of hydrogen-bond donors (Lipinski definition) is 1. The van der Waals surface area contributed by atoms with Gasteiger partial charge in [0.05, 0.1) is 0 Å². The zero-order valence-electron chi connectivity index (χ0n) is 15.0. The number of nitrogens with zero attached hydrogens (tertiary/aromatic N) is 1. The van der Waals surface area contributed by atoms with Gasteiger partial charge in [-0.2, -0.15) is 11.3 Å². The fraction of sp³-hybridized carbons (Fsp3) is 0.450. The number of carbonyl (C=O) groups excluding carboxylic acids is 1. The minimum absolute atomic E-state index is 0. The van der Waals surface area contributed by atoms with Crippen molar-refractivity contribution in [2.45, 2.75) is 31.8 Å². The third kappa shape index (κ3) is 4.62. The first-order valence-corrected chi connectivity index (χ1v) is 10.0. The van der Waals surface area contributed by atoms with Crippen LogP contribution in [-0.2, 0) is 11.3 Å². The van der Waals surface area contributed by atoms with E-state index in [2.05, 4.69) is 16.8 Å². The topological polar surface area (TPSA) is 41.6 Å². The van der Waals surface area contributed by atoms with E-state index in [4.69, 9.17) is 4.74 Å². The Bertz CT molecular complexity index is 748. The van der Waals surface area contributed by atoms with Crippen molar-refractivity contribution in [3.05, 3.63) is 52.5 Å². The van der Waals surface area contributed by atoms with Gasteiger partial charge in [-0.25, -0.2) is 4.39 Å². The zero-order valence-corrected chi connectivity index (χ0v) is 16.7. The molecule has 2 fully saturated rings. The number of benzene rings is 1. The molecule has 2 aliphatic rings. The molecule has 146 valence electrons. The number of nitrogens with one attached hydrogen (secondary N) is 1. The fourth-order valence-electron chi connectivity index (χ4n) is 3.94. The third-order valence-electron chi connectivity index (χ3n) is 5.55. The average Bonchev–Trinajstić information content (AvgIpc) is 3.08. The van der Waals surface area contributed by atoms with Crippen LogP contribution in [0.2, 0.25) is 0 Å². The molecule has 4 rings (SSSR count). The Hall–Kier alpha value is -1.63. The second-order valence-corrected chi connectivity index (χ2v) is 8.01. The van der Waals surface area contributed by atoms with E-state index in [0.717, 1.165) is 32.4 Å². The Balaban J connectivity index is 0.00000210. The van der Waals surface area contributed by atoms with E-state index >= 15 is 0 Å². The molecule has 1 saturated carbocycles. The highest BCUT2D eigenvalue weighted by atomic mass is 35.5. The minimum Gasteiger partial charge on any atom is -0.484 e. The van der Waals surface area contributed by atoms with Gasteiger partial charge in [-0.3, -0.25) is 4.79 Å². The van der Waals surface area contributed by atoms with Crippen molar-refractivity contribution < 1.29 is 13.9 Å². The number of rotatable bonds is 6. The van der Waals surface area contributed by atoms with Crippen LogP contribution in [0, 0.1) is 11.2 Å². The largest absolute Gasteiger partial charge is 0.484 e. The Morgan fingerprint density at radius 2 is 2.00 bits per heavy atom. The normalized spacial score (nSPS) is 20.0. The molecule has 1 aliphatic carbocycles. The van der Waals surface area contributed by atoms with Crippen LogP contribution in [-0.4, -0.2) is 36.5 Å². The molecule has 1 aliphatic heterocycles. The number of halogens is 2. The maximum absolute atomic E-state index is 13.0. The van der Waals surface area contributed by atoms with Crippen molar-refractivity contribution in [3.8, 4) is 5.75 Å². The van der Waals surface area contributed by atoms with Crippen LogP contribution in [0.1, 0.15) is 24.8 Å². The number of piperidine rings is 1. The van der Waals surface area contributed by atoms with Gasteiger partial charge in [-0.05, 0) is 84.4 Å². The van der Waals surface area contributed by atoms with E-state index in [0.29, 0.717) is 18.3 Å². The molecule has 1 aromatic carbocycles. The molecule has 2 aromatic rings. The van der Waals surface area contributed by atoms with Gasteiger partial charge in [-0.15, -0.1) is 12.4 Å². The Morgan fingerprint density at radius 1 is 1.26 bits per heavy atom. The molecule has 1 unspecified atom stereocenters. The maximum atomic E-state index is 13.0. The number of hydrogen-bond acceptors (Lipinski definition) is 4. The standard InChI is InChI=1S/C20H23FN2O2S.ClH/c21-16-1-3-17(4-2-16)25-13-19(24)23(12-15-5-10-26-14-15)18-11-20(18)6-8-22-9-7-20;/h1-5,10,14,18,22H,6-9,11-13H2;1H. The van der Waals surface area contributed by atoms with Gasteiger partial charge in [0.15, 0.2) is 6.61 Å². The maximum Gasteiger partial charge on any atom is 0.261 e. The second kappa shape index (κ2) is 8.59. The molecule has 2 heterocycles. The summed E-state index contributed by atoms with van der Waals surface area (Å²) in [6.07, 6.45) is 3.34. The molecule has 0 bridgehead atoms. The minimum atomic E-state index is -0.311. The fourth-order valence-corrected chi connectivity index (χ4v) is 4.60. The van der Waals surface area contributed by atoms with Gasteiger partial charge in [-0.1, -0.05) is 0 Å². The van der Waals surface area contributed by atoms with E-state index in [1.54, 1.807) is 23.5 Å². The van der Waals surface area contributed by atoms with Crippen molar-refractivity contribution in [2.24, 2.45) is 5.41 Å². The van der Waals surface area contributed by atoms with Crippen LogP contribution < -0.4 is 10.1 Å². The van der Waals surface area contributed by atoms with Crippen LogP contribution in [0.4, 0.5) is 4.39 Å². The van der Waals surface area contributed by atoms with Crippen molar-refractivity contribution in [1.29, 1.82) is 0 Å². The van der Waals surface area contributed by atoms with Crippen molar-refractivity contribution in [3.63, 3.8) is 0 Å². The first-order chi connectivity index (χ1) is 12.7. The monoisotopic (exact) mass is 410 g/mol. The lowest BCUT2D eigenvalue weighted by Gasteiger charge is -2.29. The predicted octanol–water partition coefficient (Wildman–Crippen LogP) is 3.86. The van der Waals surface area contributed by atoms with Crippen LogP contribution >= 0.6 is 23.7 Å². The molecular formula is C20H24ClFN2O2S. The summed E-state index contributed by atoms with van der Waals surface area (Å²) in [4.78, 5) is 14.9. The lowest BCUT2D eigenvalue weighted by molar-refractivity contribution is -0.135. The quantitative estimate of drug-likeness (QED) is 0.786. The van der Waals surface area contributed by atoms with Crippen LogP contribution in [0.25, 0.3) is 0 Å². The highest BCUT2D eigenvalue weighted by molar-refractivity contribution is 7.07. The van der Waals surface area contributed by atoms with Gasteiger partial charge >= 0.3 is 0 Å². The number of thiophene rings is 1. The van der Waals surface area contributed by atoms with Gasteiger partial charge in [0.2, 0.25) is 0 Å². The molecule has 4 nitrogen and oxygen atoms in total. The van der Waals surface area contributed by atoms with Crippen molar-refractivity contribution >= 4 is 29.7 Å². The van der Waals surface area contributed by atoms with Crippen LogP contribution in [0.3, 0.4) is 0 Å². The molecule has 7 heteroatoms. The number of ether oxygens (including phenoxy) is 1. The summed E-state index contributed by atoms with van der Waals surface area (Å²) in [5.41, 5.74) is 1.45. The number of amides is 1. The van der Waals surface area contributed by atoms with Crippen LogP contribution in [0.15, 0.2) is 41.1 Å². The highest BCUT2D eigenvalue weighted by Crippen LogP contribution is 2.56. The van der Waals surface area contributed by atoms with Gasteiger partial charge < -0.3 is 15.0 Å². The molecule has 27 heavy (non-hydrogen) atoms. The molecule has 1 N–H and O–H groups in total. The van der Waals surface area contributed by atoms with E-state index in [1.165, 1.54) is 17.7 Å². The van der Waals surface area contributed by atoms with Gasteiger partial charge in [0.25, 0.3) is 5.91 Å². The summed E-state index contributed by atoms with van der Waals surface area (Å²) in [6, 6.07) is 8.16. The SMILES string of the molecule is Cl.O=C(COc1ccc(F)cc1)N(Cc1ccsc1)C1CC12CCNCC2. The first-order valence-electron chi connectivity index (χ1n) is 9.06. The van der Waals surface area contributed by atoms with E-state index < -0.39 is 0 Å². The summed E-state index contributed by atoms with van der Waals surface area (Å²) in [7, 11) is 0. The Kier molecular flexibility index (Phi) is 6.40. The van der Waals surface area contributed by atoms with E-state index in [-0.39, 0.29) is 36.2 Å². The summed E-state index contributed by atoms with van der Waals surface area (Å²) >= 11 is 1.65. The summed E-state index contributed by atoms with van der Waals surface area (Å²) in [5, 5.41) is 7.55. The van der Waals surface area contributed by atoms with E-state index in [9.17, 15) is 9.18 Å². The lowest BCUT2D eigenvalue weighted by atomic mass is 9.93. The molecule has 1 aromatic heterocycles. The van der Waals surface area contributed by atoms with Gasteiger partial charge in [0, 0.05) is 12.6 Å². The third-order valence-corrected chi connectivity index (χ3v) is 6.28. The van der Waals surface area contributed by atoms with E-state index in [1.807, 2.05) is 10.3 Å². The first kappa shape index (κ1) is 20.1. The summed E-state index contributed by atoms with van der Waals surface area (Å²) < 4.78 is 18.6. The molecule has 1 spiro atoms. The predicted molar refractivity (Wildman–Crippen MR) is 107 cm³/mol.